The number of ether oxygens (including phenoxy) is 1. The van der Waals surface area contributed by atoms with Crippen LogP contribution in [0.25, 0.3) is 16.9 Å². The van der Waals surface area contributed by atoms with E-state index < -0.39 is 22.1 Å². The van der Waals surface area contributed by atoms with Crippen molar-refractivity contribution < 1.29 is 26.3 Å². The minimum Gasteiger partial charge on any atom is -0.377 e. The number of nitrogens with one attached hydrogen (secondary N) is 1. The van der Waals surface area contributed by atoms with Crippen molar-refractivity contribution in [2.24, 2.45) is 0 Å². The van der Waals surface area contributed by atoms with Crippen molar-refractivity contribution in [1.82, 2.24) is 29.3 Å². The summed E-state index contributed by atoms with van der Waals surface area (Å²) in [7, 11) is -5.49. The second kappa shape index (κ2) is 7.42. The standard InChI is InChI=1S/C18H20F3N7O3S/c1-11-10-31-7-6-27(11)15-8-12-9-26(32(29,30)18(19,20)21)5-3-13-16(12)17(23-15)28(25-13)14-2-4-22-24-14/h2,4,8,11H,3,5-7,9-10H2,1H3,(H,22,24)/t11-/m1/s1. The first-order valence-corrected chi connectivity index (χ1v) is 11.4. The van der Waals surface area contributed by atoms with Gasteiger partial charge in [-0.1, -0.05) is 0 Å². The number of aromatic amines is 1. The van der Waals surface area contributed by atoms with Crippen LogP contribution in [0.1, 0.15) is 18.2 Å². The van der Waals surface area contributed by atoms with Gasteiger partial charge in [-0.25, -0.2) is 13.4 Å². The molecule has 0 radical (unpaired) electrons. The number of morpholine rings is 1. The smallest absolute Gasteiger partial charge is 0.377 e. The SMILES string of the molecule is C[C@@H]1COCCN1c1cc2c3c(nn(-c4cc[nH]n4)c3n1)CCN(S(=O)(=O)C(F)(F)F)C2. The Morgan fingerprint density at radius 1 is 1.25 bits per heavy atom. The van der Waals surface area contributed by atoms with Crippen molar-refractivity contribution in [3.63, 3.8) is 0 Å². The van der Waals surface area contributed by atoms with Crippen LogP contribution >= 0.6 is 0 Å². The molecule has 1 N–H and O–H groups in total. The highest BCUT2D eigenvalue weighted by Gasteiger charge is 2.50. The third kappa shape index (κ3) is 3.33. The van der Waals surface area contributed by atoms with Crippen LogP contribution < -0.4 is 4.90 Å². The van der Waals surface area contributed by atoms with Gasteiger partial charge in [0.2, 0.25) is 0 Å². The molecule has 2 aliphatic rings. The van der Waals surface area contributed by atoms with Crippen LogP contribution in [-0.2, 0) is 27.7 Å². The topological polar surface area (TPSA) is 109 Å². The fraction of sp³-hybridized carbons (Fsp3) is 0.500. The quantitative estimate of drug-likeness (QED) is 0.618. The monoisotopic (exact) mass is 471 g/mol. The van der Waals surface area contributed by atoms with Crippen molar-refractivity contribution in [3.8, 4) is 5.82 Å². The fourth-order valence-electron chi connectivity index (χ4n) is 4.15. The van der Waals surface area contributed by atoms with Crippen molar-refractivity contribution >= 4 is 26.9 Å². The number of hydrogen-bond acceptors (Lipinski definition) is 7. The molecule has 14 heteroatoms. The number of alkyl halides is 3. The highest BCUT2D eigenvalue weighted by molar-refractivity contribution is 7.89. The maximum absolute atomic E-state index is 13.3. The average molecular weight is 471 g/mol. The van der Waals surface area contributed by atoms with Crippen molar-refractivity contribution in [3.05, 3.63) is 29.6 Å². The largest absolute Gasteiger partial charge is 0.511 e. The summed E-state index contributed by atoms with van der Waals surface area (Å²) in [6.45, 7) is 2.70. The van der Waals surface area contributed by atoms with Crippen LogP contribution in [0, 0.1) is 0 Å². The number of H-pyrrole nitrogens is 1. The first-order chi connectivity index (χ1) is 15.2. The zero-order valence-electron chi connectivity index (χ0n) is 17.0. The molecule has 0 amide bonds. The highest BCUT2D eigenvalue weighted by Crippen LogP contribution is 2.35. The first-order valence-electron chi connectivity index (χ1n) is 9.99. The molecule has 1 fully saturated rings. The normalized spacial score (nSPS) is 20.6. The molecule has 5 rings (SSSR count). The predicted octanol–water partition coefficient (Wildman–Crippen LogP) is 1.58. The van der Waals surface area contributed by atoms with Crippen LogP contribution in [-0.4, -0.2) is 75.5 Å². The molecule has 10 nitrogen and oxygen atoms in total. The van der Waals surface area contributed by atoms with E-state index >= 15 is 0 Å². The molecule has 3 aromatic heterocycles. The Hall–Kier alpha value is -2.71. The molecular formula is C18H20F3N7O3S. The zero-order valence-corrected chi connectivity index (χ0v) is 17.8. The van der Waals surface area contributed by atoms with E-state index in [2.05, 4.69) is 15.3 Å². The number of sulfonamides is 1. The lowest BCUT2D eigenvalue weighted by Gasteiger charge is -2.34. The fourth-order valence-corrected chi connectivity index (χ4v) is 5.08. The number of rotatable bonds is 3. The molecule has 1 saturated heterocycles. The number of pyridine rings is 1. The molecule has 32 heavy (non-hydrogen) atoms. The van der Waals surface area contributed by atoms with E-state index in [1.54, 1.807) is 18.3 Å². The lowest BCUT2D eigenvalue weighted by Crippen LogP contribution is -2.44. The maximum Gasteiger partial charge on any atom is 0.511 e. The lowest BCUT2D eigenvalue weighted by molar-refractivity contribution is -0.0490. The second-order valence-corrected chi connectivity index (χ2v) is 9.71. The Kier molecular flexibility index (Phi) is 4.90. The molecule has 0 aliphatic carbocycles. The first kappa shape index (κ1) is 21.2. The van der Waals surface area contributed by atoms with Gasteiger partial charge in [0.25, 0.3) is 0 Å². The summed E-state index contributed by atoms with van der Waals surface area (Å²) in [5, 5.41) is 11.9. The van der Waals surface area contributed by atoms with E-state index in [-0.39, 0.29) is 19.0 Å². The van der Waals surface area contributed by atoms with Gasteiger partial charge >= 0.3 is 15.5 Å². The molecule has 3 aromatic rings. The van der Waals surface area contributed by atoms with Crippen LogP contribution in [0.4, 0.5) is 19.0 Å². The number of aromatic nitrogens is 5. The summed E-state index contributed by atoms with van der Waals surface area (Å²) in [5.41, 5.74) is -4.06. The van der Waals surface area contributed by atoms with Gasteiger partial charge < -0.3 is 9.64 Å². The van der Waals surface area contributed by atoms with Gasteiger partial charge in [-0.2, -0.15) is 32.4 Å². The van der Waals surface area contributed by atoms with Gasteiger partial charge in [0.05, 0.1) is 24.9 Å². The Balaban J connectivity index is 1.69. The summed E-state index contributed by atoms with van der Waals surface area (Å²) in [4.78, 5) is 6.77. The molecule has 1 atom stereocenters. The van der Waals surface area contributed by atoms with E-state index in [0.717, 1.165) is 0 Å². The average Bonchev–Trinajstić information content (AvgIpc) is 3.34. The Labute approximate surface area is 181 Å². The molecule has 0 bridgehead atoms. The number of hydrogen-bond donors (Lipinski definition) is 1. The lowest BCUT2D eigenvalue weighted by atomic mass is 10.1. The van der Waals surface area contributed by atoms with Gasteiger partial charge in [-0.15, -0.1) is 0 Å². The number of anilines is 1. The second-order valence-electron chi connectivity index (χ2n) is 7.78. The van der Waals surface area contributed by atoms with Crippen molar-refractivity contribution in [2.75, 3.05) is 31.2 Å². The van der Waals surface area contributed by atoms with Crippen molar-refractivity contribution in [2.45, 2.75) is 31.4 Å². The maximum atomic E-state index is 13.3. The third-order valence-corrected chi connectivity index (χ3v) is 7.30. The molecular weight excluding hydrogens is 451 g/mol. The summed E-state index contributed by atoms with van der Waals surface area (Å²) >= 11 is 0. The summed E-state index contributed by atoms with van der Waals surface area (Å²) < 4.78 is 71.6. The van der Waals surface area contributed by atoms with E-state index in [0.29, 0.717) is 58.0 Å². The Bertz CT molecular complexity index is 1260. The molecule has 172 valence electrons. The van der Waals surface area contributed by atoms with Gasteiger partial charge in [0.15, 0.2) is 11.5 Å². The van der Waals surface area contributed by atoms with Crippen molar-refractivity contribution in [1.29, 1.82) is 0 Å². The molecule has 5 heterocycles. The van der Waals surface area contributed by atoms with Gasteiger partial charge in [0.1, 0.15) is 5.82 Å². The molecule has 2 aliphatic heterocycles. The van der Waals surface area contributed by atoms with E-state index in [1.165, 1.54) is 4.68 Å². The van der Waals surface area contributed by atoms with Gasteiger partial charge in [0, 0.05) is 43.7 Å². The van der Waals surface area contributed by atoms with E-state index in [1.807, 2.05) is 11.8 Å². The minimum atomic E-state index is -5.49. The van der Waals surface area contributed by atoms with Crippen LogP contribution in [0.15, 0.2) is 18.3 Å². The predicted molar refractivity (Wildman–Crippen MR) is 108 cm³/mol. The molecule has 0 unspecified atom stereocenters. The number of halogens is 3. The molecule has 0 spiro atoms. The highest BCUT2D eigenvalue weighted by atomic mass is 32.2. The van der Waals surface area contributed by atoms with Gasteiger partial charge in [-0.3, -0.25) is 5.10 Å². The Morgan fingerprint density at radius 3 is 2.75 bits per heavy atom. The summed E-state index contributed by atoms with van der Waals surface area (Å²) in [5.74, 6) is 1.00. The summed E-state index contributed by atoms with van der Waals surface area (Å²) in [6.07, 6.45) is 1.64. The minimum absolute atomic E-state index is 0.0112. The Morgan fingerprint density at radius 2 is 2.06 bits per heavy atom. The molecule has 0 aromatic carbocycles. The van der Waals surface area contributed by atoms with E-state index in [9.17, 15) is 21.6 Å². The number of nitrogens with zero attached hydrogens (tertiary/aromatic N) is 6. The van der Waals surface area contributed by atoms with Crippen LogP contribution in [0.3, 0.4) is 0 Å². The third-order valence-electron chi connectivity index (χ3n) is 5.72. The summed E-state index contributed by atoms with van der Waals surface area (Å²) in [6, 6.07) is 3.35. The zero-order chi connectivity index (χ0) is 22.7. The van der Waals surface area contributed by atoms with Crippen LogP contribution in [0.2, 0.25) is 0 Å². The van der Waals surface area contributed by atoms with Crippen LogP contribution in [0.5, 0.6) is 0 Å². The van der Waals surface area contributed by atoms with Gasteiger partial charge in [-0.05, 0) is 18.6 Å². The molecule has 0 saturated carbocycles. The van der Waals surface area contributed by atoms with E-state index in [4.69, 9.17) is 9.72 Å².